The average molecular weight is 475 g/mol. The number of nitrogens with two attached hydrogens (primary N) is 2. The largest absolute Gasteiger partial charge is 0.481 e. The van der Waals surface area contributed by atoms with E-state index in [9.17, 15) is 28.2 Å². The van der Waals surface area contributed by atoms with Crippen LogP contribution >= 0.6 is 0 Å². The minimum atomic E-state index is -4.66. The Morgan fingerprint density at radius 1 is 1.28 bits per heavy atom. The van der Waals surface area contributed by atoms with Gasteiger partial charge in [0.1, 0.15) is 30.2 Å². The van der Waals surface area contributed by atoms with E-state index in [1.165, 1.54) is 17.2 Å². The lowest BCUT2D eigenvalue weighted by molar-refractivity contribution is -0.137. The standard InChI is InChI=1S/C15H21N7O9S/c16-6(1-2-8(23)24)14(27)21-32(28,29)30-3-7-10(25)11(26)15(31-7)22-5-20-9-12(17)18-4-19-13(9)22/h4-7,10-11,15,25-26H,1-3,16H2,(H,21,27)(H,23,24)(H2,17,18,19)/t6-,7?,10+,11+,15+/m0/s1. The molecule has 8 N–H and O–H groups in total. The van der Waals surface area contributed by atoms with Crippen LogP contribution in [-0.4, -0.2) is 86.1 Å². The first-order valence-electron chi connectivity index (χ1n) is 9.13. The molecule has 1 aliphatic rings. The van der Waals surface area contributed by atoms with Crippen LogP contribution in [0.1, 0.15) is 19.1 Å². The van der Waals surface area contributed by atoms with Crippen molar-refractivity contribution in [2.75, 3.05) is 12.3 Å². The third kappa shape index (κ3) is 5.09. The molecular weight excluding hydrogens is 454 g/mol. The molecule has 1 unspecified atom stereocenters. The monoisotopic (exact) mass is 475 g/mol. The van der Waals surface area contributed by atoms with Gasteiger partial charge in [0.15, 0.2) is 17.7 Å². The van der Waals surface area contributed by atoms with Gasteiger partial charge in [-0.1, -0.05) is 0 Å². The number of fused-ring (bicyclic) bond motifs is 1. The summed E-state index contributed by atoms with van der Waals surface area (Å²) >= 11 is 0. The number of imidazole rings is 1. The Bertz CT molecular complexity index is 1110. The quantitative estimate of drug-likeness (QED) is 0.207. The first-order chi connectivity index (χ1) is 15.0. The lowest BCUT2D eigenvalue weighted by atomic mass is 10.1. The molecule has 5 atom stereocenters. The summed E-state index contributed by atoms with van der Waals surface area (Å²) in [6, 6.07) is -1.40. The van der Waals surface area contributed by atoms with Gasteiger partial charge in [0.05, 0.1) is 19.0 Å². The van der Waals surface area contributed by atoms with Gasteiger partial charge in [0.2, 0.25) is 0 Å². The molecule has 0 aliphatic carbocycles. The second-order valence-electron chi connectivity index (χ2n) is 6.87. The summed E-state index contributed by atoms with van der Waals surface area (Å²) in [5, 5.41) is 29.2. The molecule has 2 aromatic rings. The maximum absolute atomic E-state index is 12.0. The van der Waals surface area contributed by atoms with E-state index in [0.717, 1.165) is 0 Å². The Kier molecular flexibility index (Phi) is 6.86. The van der Waals surface area contributed by atoms with Crippen LogP contribution in [0.4, 0.5) is 5.82 Å². The number of carboxylic acids is 1. The van der Waals surface area contributed by atoms with E-state index >= 15 is 0 Å². The molecule has 1 amide bonds. The second kappa shape index (κ2) is 9.27. The molecule has 0 radical (unpaired) electrons. The molecule has 176 valence electrons. The van der Waals surface area contributed by atoms with Crippen LogP contribution in [0.25, 0.3) is 11.2 Å². The van der Waals surface area contributed by atoms with Crippen LogP contribution in [-0.2, 0) is 28.8 Å². The Morgan fingerprint density at radius 3 is 2.69 bits per heavy atom. The van der Waals surface area contributed by atoms with Crippen molar-refractivity contribution >= 4 is 39.2 Å². The van der Waals surface area contributed by atoms with Crippen molar-refractivity contribution in [1.29, 1.82) is 0 Å². The van der Waals surface area contributed by atoms with Gasteiger partial charge in [-0.3, -0.25) is 18.3 Å². The number of hydrogen-bond donors (Lipinski definition) is 6. The first kappa shape index (κ1) is 23.7. The topological polar surface area (TPSA) is 255 Å². The van der Waals surface area contributed by atoms with Crippen molar-refractivity contribution < 1.29 is 42.2 Å². The van der Waals surface area contributed by atoms with Crippen LogP contribution < -0.4 is 16.2 Å². The number of carboxylic acid groups (broad SMARTS) is 1. The summed E-state index contributed by atoms with van der Waals surface area (Å²) in [7, 11) is -4.66. The number of ether oxygens (including phenoxy) is 1. The number of amides is 1. The number of nitrogens with zero attached hydrogens (tertiary/aromatic N) is 4. The number of carbonyl (C=O) groups excluding carboxylic acids is 1. The molecule has 0 bridgehead atoms. The number of aromatic nitrogens is 4. The molecule has 2 aromatic heterocycles. The summed E-state index contributed by atoms with van der Waals surface area (Å²) in [6.07, 6.45) is -3.85. The third-order valence-electron chi connectivity index (χ3n) is 4.62. The average Bonchev–Trinajstić information content (AvgIpc) is 3.27. The van der Waals surface area contributed by atoms with E-state index < -0.39 is 65.8 Å². The van der Waals surface area contributed by atoms with Gasteiger partial charge >= 0.3 is 16.3 Å². The Morgan fingerprint density at radius 2 is 2.00 bits per heavy atom. The highest BCUT2D eigenvalue weighted by Gasteiger charge is 2.45. The molecule has 0 aromatic carbocycles. The lowest BCUT2D eigenvalue weighted by Gasteiger charge is -2.16. The summed E-state index contributed by atoms with van der Waals surface area (Å²) < 4.78 is 37.0. The van der Waals surface area contributed by atoms with Crippen LogP contribution in [0, 0.1) is 0 Å². The number of aliphatic carboxylic acids is 1. The molecule has 0 saturated carbocycles. The number of hydrogen-bond acceptors (Lipinski definition) is 13. The molecule has 3 rings (SSSR count). The van der Waals surface area contributed by atoms with E-state index in [0.29, 0.717) is 0 Å². The summed E-state index contributed by atoms with van der Waals surface area (Å²) in [4.78, 5) is 34.1. The van der Waals surface area contributed by atoms with Gasteiger partial charge in [0, 0.05) is 6.42 Å². The van der Waals surface area contributed by atoms with Crippen LogP contribution in [0.3, 0.4) is 0 Å². The molecule has 17 heteroatoms. The maximum atomic E-state index is 12.0. The van der Waals surface area contributed by atoms with Crippen molar-refractivity contribution in [3.63, 3.8) is 0 Å². The number of anilines is 1. The van der Waals surface area contributed by atoms with Crippen LogP contribution in [0.5, 0.6) is 0 Å². The van der Waals surface area contributed by atoms with E-state index in [-0.39, 0.29) is 23.4 Å². The van der Waals surface area contributed by atoms with E-state index in [1.807, 2.05) is 0 Å². The molecule has 1 fully saturated rings. The molecule has 16 nitrogen and oxygen atoms in total. The van der Waals surface area contributed by atoms with Crippen molar-refractivity contribution in [3.05, 3.63) is 12.7 Å². The highest BCUT2D eigenvalue weighted by molar-refractivity contribution is 7.85. The summed E-state index contributed by atoms with van der Waals surface area (Å²) in [5.74, 6) is -2.28. The van der Waals surface area contributed by atoms with Gasteiger partial charge < -0.3 is 31.5 Å². The Balaban J connectivity index is 1.62. The number of nitrogen functional groups attached to an aromatic ring is 1. The zero-order valence-corrected chi connectivity index (χ0v) is 17.1. The van der Waals surface area contributed by atoms with Crippen molar-refractivity contribution in [2.24, 2.45) is 5.73 Å². The van der Waals surface area contributed by atoms with Gasteiger partial charge in [0.25, 0.3) is 5.91 Å². The fraction of sp³-hybridized carbons (Fsp3) is 0.533. The SMILES string of the molecule is Nc1ncnc2c1ncn2[C@@H]1OC(COS(=O)(=O)NC(=O)[C@@H](N)CCC(=O)O)[C@@H](O)[C@H]1O. The zero-order valence-electron chi connectivity index (χ0n) is 16.3. The molecule has 3 heterocycles. The Hall–Kier alpha value is -2.96. The number of nitrogens with one attached hydrogen (secondary N) is 1. The molecule has 1 saturated heterocycles. The minimum absolute atomic E-state index is 0.0880. The van der Waals surface area contributed by atoms with E-state index in [2.05, 4.69) is 19.1 Å². The van der Waals surface area contributed by atoms with Crippen molar-refractivity contribution in [3.8, 4) is 0 Å². The molecular formula is C15H21N7O9S. The van der Waals surface area contributed by atoms with Gasteiger partial charge in [-0.25, -0.2) is 19.7 Å². The second-order valence-corrected chi connectivity index (χ2v) is 8.22. The van der Waals surface area contributed by atoms with Gasteiger partial charge in [-0.05, 0) is 6.42 Å². The van der Waals surface area contributed by atoms with E-state index in [1.54, 1.807) is 4.72 Å². The smallest absolute Gasteiger partial charge is 0.362 e. The third-order valence-corrected chi connectivity index (χ3v) is 5.52. The fourth-order valence-electron chi connectivity index (χ4n) is 2.95. The molecule has 1 aliphatic heterocycles. The summed E-state index contributed by atoms with van der Waals surface area (Å²) in [5.41, 5.74) is 11.6. The first-order valence-corrected chi connectivity index (χ1v) is 10.5. The molecule has 32 heavy (non-hydrogen) atoms. The van der Waals surface area contributed by atoms with Gasteiger partial charge in [-0.15, -0.1) is 0 Å². The number of rotatable bonds is 9. The van der Waals surface area contributed by atoms with Gasteiger partial charge in [-0.2, -0.15) is 8.42 Å². The molecule has 0 spiro atoms. The van der Waals surface area contributed by atoms with E-state index in [4.69, 9.17) is 21.3 Å². The Labute approximate surface area is 180 Å². The van der Waals surface area contributed by atoms with Crippen molar-refractivity contribution in [1.82, 2.24) is 24.2 Å². The van der Waals surface area contributed by atoms with Crippen LogP contribution in [0.2, 0.25) is 0 Å². The normalized spacial score (nSPS) is 24.5. The summed E-state index contributed by atoms with van der Waals surface area (Å²) in [6.45, 7) is -0.758. The van der Waals surface area contributed by atoms with Crippen LogP contribution in [0.15, 0.2) is 12.7 Å². The predicted molar refractivity (Wildman–Crippen MR) is 104 cm³/mol. The minimum Gasteiger partial charge on any atom is -0.481 e. The maximum Gasteiger partial charge on any atom is 0.362 e. The lowest BCUT2D eigenvalue weighted by Crippen LogP contribution is -2.45. The number of aliphatic hydroxyl groups excluding tert-OH is 2. The fourth-order valence-corrected chi connectivity index (χ4v) is 3.72. The number of carbonyl (C=O) groups is 2. The highest BCUT2D eigenvalue weighted by atomic mass is 32.2. The number of aliphatic hydroxyl groups is 2. The zero-order chi connectivity index (χ0) is 23.6. The van der Waals surface area contributed by atoms with Crippen molar-refractivity contribution in [2.45, 2.75) is 43.4 Å². The highest BCUT2D eigenvalue weighted by Crippen LogP contribution is 2.32. The predicted octanol–water partition coefficient (Wildman–Crippen LogP) is -3.40.